The van der Waals surface area contributed by atoms with E-state index in [1.165, 1.54) is 12.1 Å². The lowest BCUT2D eigenvalue weighted by Gasteiger charge is -2.41. The molecule has 3 aromatic rings. The third-order valence-electron chi connectivity index (χ3n) is 11.5. The van der Waals surface area contributed by atoms with Crippen LogP contribution < -0.4 is 15.4 Å². The van der Waals surface area contributed by atoms with Gasteiger partial charge in [-0.2, -0.15) is 9.57 Å². The van der Waals surface area contributed by atoms with E-state index >= 15 is 0 Å². The van der Waals surface area contributed by atoms with Gasteiger partial charge in [-0.3, -0.25) is 34.3 Å². The Hall–Kier alpha value is -5.14. The number of carbonyl (C=O) groups excluding carboxylic acids is 4. The van der Waals surface area contributed by atoms with Gasteiger partial charge in [0, 0.05) is 50.1 Å². The number of hydrogen-bond donors (Lipinski definition) is 2. The number of sulfonamides is 1. The molecule has 2 saturated heterocycles. The number of piperidine rings is 1. The van der Waals surface area contributed by atoms with Crippen molar-refractivity contribution in [2.45, 2.75) is 56.7 Å². The Labute approximate surface area is 360 Å². The standard InChI is InChI=1S/C42H52N8O11S/c43-27-29-1-8-36-35(25-29)39(45-28-44-36)46-30-2-4-31(5-3-30)48-11-13-49(14-12-48)62(55,56)24-23-60-20-19-58-16-15-57-17-18-59-21-22-61-32-6-7-33-34(26-32)42(54)50(41(33)53)37-9-10-38(51)47-40(37)52/h1,6-8,25-26,28,30-31,37H,2-5,9-24H2,(H,44,45,46)(H,47,51,52). The van der Waals surface area contributed by atoms with Gasteiger partial charge in [0.15, 0.2) is 0 Å². The van der Waals surface area contributed by atoms with Crippen molar-refractivity contribution < 1.29 is 51.3 Å². The number of piperazine rings is 1. The Morgan fingerprint density at radius 3 is 2.10 bits per heavy atom. The molecule has 3 fully saturated rings. The first-order chi connectivity index (χ1) is 30.1. The quantitative estimate of drug-likeness (QED) is 0.115. The van der Waals surface area contributed by atoms with Crippen LogP contribution in [0.25, 0.3) is 10.9 Å². The lowest BCUT2D eigenvalue weighted by atomic mass is 9.89. The molecule has 332 valence electrons. The number of nitrogens with zero attached hydrogens (tertiary/aromatic N) is 6. The molecule has 1 atom stereocenters. The second-order valence-electron chi connectivity index (χ2n) is 15.4. The van der Waals surface area contributed by atoms with Gasteiger partial charge >= 0.3 is 0 Å². The van der Waals surface area contributed by atoms with Crippen molar-refractivity contribution in [1.29, 1.82) is 5.26 Å². The summed E-state index contributed by atoms with van der Waals surface area (Å²) < 4.78 is 55.4. The van der Waals surface area contributed by atoms with Crippen LogP contribution in [-0.2, 0) is 38.6 Å². The summed E-state index contributed by atoms with van der Waals surface area (Å²) in [5.74, 6) is -1.23. The van der Waals surface area contributed by atoms with Crippen LogP contribution in [0.2, 0.25) is 0 Å². The first kappa shape index (κ1) is 44.9. The normalized spacial score (nSPS) is 21.2. The number of rotatable bonds is 21. The SMILES string of the molecule is N#Cc1ccc2ncnc(NC3CCC(N4CCN(S(=O)(=O)CCOCCOCCOCCOCCOc5ccc6c(c5)C(=O)N(C5CCC(=O)NC5=O)C6=O)CC4)CC3)c2c1. The van der Waals surface area contributed by atoms with Gasteiger partial charge in [0.25, 0.3) is 11.8 Å². The van der Waals surface area contributed by atoms with Gasteiger partial charge in [-0.05, 0) is 68.5 Å². The molecule has 2 N–H and O–H groups in total. The summed E-state index contributed by atoms with van der Waals surface area (Å²) >= 11 is 0. The first-order valence-electron chi connectivity index (χ1n) is 21.0. The number of nitrogens with one attached hydrogen (secondary N) is 2. The molecule has 1 unspecified atom stereocenters. The van der Waals surface area contributed by atoms with Crippen molar-refractivity contribution in [1.82, 2.24) is 29.4 Å². The van der Waals surface area contributed by atoms with Crippen LogP contribution in [-0.4, -0.2) is 166 Å². The van der Waals surface area contributed by atoms with Crippen LogP contribution in [0.3, 0.4) is 0 Å². The fraction of sp³-hybridized carbons (Fsp3) is 0.548. The maximum absolute atomic E-state index is 13.0. The molecule has 0 bridgehead atoms. The minimum absolute atomic E-state index is 0.0492. The van der Waals surface area contributed by atoms with Crippen molar-refractivity contribution in [3.8, 4) is 11.8 Å². The third kappa shape index (κ3) is 11.3. The number of hydrogen-bond acceptors (Lipinski definition) is 16. The largest absolute Gasteiger partial charge is 0.491 e. The van der Waals surface area contributed by atoms with E-state index in [-0.39, 0.29) is 62.2 Å². The molecule has 1 aromatic heterocycles. The smallest absolute Gasteiger partial charge is 0.262 e. The maximum Gasteiger partial charge on any atom is 0.262 e. The Balaban J connectivity index is 0.674. The minimum Gasteiger partial charge on any atom is -0.491 e. The van der Waals surface area contributed by atoms with Crippen LogP contribution in [0.15, 0.2) is 42.7 Å². The Kier molecular flexibility index (Phi) is 15.4. The van der Waals surface area contributed by atoms with E-state index in [1.807, 2.05) is 12.1 Å². The summed E-state index contributed by atoms with van der Waals surface area (Å²) in [6, 6.07) is 11.8. The number of nitriles is 1. The molecule has 0 radical (unpaired) electrons. The van der Waals surface area contributed by atoms with E-state index in [9.17, 15) is 32.9 Å². The molecule has 1 saturated carbocycles. The lowest BCUT2D eigenvalue weighted by molar-refractivity contribution is -0.136. The van der Waals surface area contributed by atoms with E-state index in [2.05, 4.69) is 31.6 Å². The molecule has 7 rings (SSSR count). The average Bonchev–Trinajstić information content (AvgIpc) is 3.52. The molecule has 62 heavy (non-hydrogen) atoms. The zero-order valence-corrected chi connectivity index (χ0v) is 35.3. The van der Waals surface area contributed by atoms with Gasteiger partial charge in [0.2, 0.25) is 21.8 Å². The fourth-order valence-corrected chi connectivity index (χ4v) is 9.49. The highest BCUT2D eigenvalue weighted by Gasteiger charge is 2.44. The summed E-state index contributed by atoms with van der Waals surface area (Å²) in [4.78, 5) is 61.7. The second kappa shape index (κ2) is 21.3. The molecule has 4 heterocycles. The molecule has 1 aliphatic carbocycles. The van der Waals surface area contributed by atoms with Gasteiger partial charge in [0.1, 0.15) is 30.5 Å². The van der Waals surface area contributed by atoms with Crippen molar-refractivity contribution in [2.24, 2.45) is 0 Å². The average molecular weight is 877 g/mol. The predicted octanol–water partition coefficient (Wildman–Crippen LogP) is 1.72. The van der Waals surface area contributed by atoms with Crippen molar-refractivity contribution in [3.63, 3.8) is 0 Å². The number of ether oxygens (including phenoxy) is 5. The molecule has 4 amide bonds. The van der Waals surface area contributed by atoms with Gasteiger partial charge < -0.3 is 29.0 Å². The number of amides is 4. The van der Waals surface area contributed by atoms with Crippen LogP contribution in [0, 0.1) is 11.3 Å². The molecular formula is C42H52N8O11S. The highest BCUT2D eigenvalue weighted by atomic mass is 32.2. The lowest BCUT2D eigenvalue weighted by Crippen LogP contribution is -2.54. The Morgan fingerprint density at radius 1 is 0.758 bits per heavy atom. The zero-order chi connectivity index (χ0) is 43.5. The first-order valence-corrected chi connectivity index (χ1v) is 22.6. The van der Waals surface area contributed by atoms with Gasteiger partial charge in [0.05, 0.1) is 86.9 Å². The van der Waals surface area contributed by atoms with Gasteiger partial charge in [-0.1, -0.05) is 0 Å². The maximum atomic E-state index is 13.0. The topological polar surface area (TPSA) is 232 Å². The number of anilines is 1. The molecule has 0 spiro atoms. The summed E-state index contributed by atoms with van der Waals surface area (Å²) in [5, 5.41) is 15.9. The Bertz CT molecular complexity index is 2240. The van der Waals surface area contributed by atoms with Crippen LogP contribution in [0.4, 0.5) is 5.82 Å². The van der Waals surface area contributed by atoms with Crippen molar-refractivity contribution in [2.75, 3.05) is 96.7 Å². The number of imide groups is 2. The molecule has 4 aliphatic rings. The predicted molar refractivity (Wildman–Crippen MR) is 223 cm³/mol. The number of fused-ring (bicyclic) bond motifs is 2. The second-order valence-corrected chi connectivity index (χ2v) is 17.5. The van der Waals surface area contributed by atoms with Gasteiger partial charge in [-0.15, -0.1) is 0 Å². The fourth-order valence-electron chi connectivity index (χ4n) is 8.18. The summed E-state index contributed by atoms with van der Waals surface area (Å²) in [7, 11) is -3.43. The summed E-state index contributed by atoms with van der Waals surface area (Å²) in [5.41, 5.74) is 1.69. The molecular weight excluding hydrogens is 825 g/mol. The summed E-state index contributed by atoms with van der Waals surface area (Å²) in [6.45, 7) is 4.81. The molecule has 3 aliphatic heterocycles. The number of carbonyl (C=O) groups is 4. The highest BCUT2D eigenvalue weighted by molar-refractivity contribution is 7.89. The number of benzene rings is 2. The highest BCUT2D eigenvalue weighted by Crippen LogP contribution is 2.31. The van der Waals surface area contributed by atoms with E-state index in [4.69, 9.17) is 23.7 Å². The third-order valence-corrected chi connectivity index (χ3v) is 13.3. The van der Waals surface area contributed by atoms with E-state index in [0.29, 0.717) is 76.6 Å². The monoisotopic (exact) mass is 876 g/mol. The van der Waals surface area contributed by atoms with E-state index in [1.54, 1.807) is 22.8 Å². The molecule has 19 nitrogen and oxygen atoms in total. The van der Waals surface area contributed by atoms with E-state index < -0.39 is 39.7 Å². The van der Waals surface area contributed by atoms with Crippen molar-refractivity contribution >= 4 is 50.4 Å². The summed E-state index contributed by atoms with van der Waals surface area (Å²) in [6.07, 6.45) is 5.65. The molecule has 20 heteroatoms. The molecule has 2 aromatic carbocycles. The van der Waals surface area contributed by atoms with Crippen LogP contribution in [0.1, 0.15) is 64.8 Å². The van der Waals surface area contributed by atoms with Crippen LogP contribution in [0.5, 0.6) is 5.75 Å². The zero-order valence-electron chi connectivity index (χ0n) is 34.5. The van der Waals surface area contributed by atoms with E-state index in [0.717, 1.165) is 47.3 Å². The van der Waals surface area contributed by atoms with Crippen LogP contribution >= 0.6 is 0 Å². The van der Waals surface area contributed by atoms with Crippen molar-refractivity contribution in [3.05, 3.63) is 59.4 Å². The van der Waals surface area contributed by atoms with Gasteiger partial charge in [-0.25, -0.2) is 18.4 Å². The number of aromatic nitrogens is 2. The minimum atomic E-state index is -3.43. The Morgan fingerprint density at radius 2 is 1.42 bits per heavy atom.